The highest BCUT2D eigenvalue weighted by Crippen LogP contribution is 2.26. The Hall–Kier alpha value is -1.56. The van der Waals surface area contributed by atoms with Gasteiger partial charge in [-0.1, -0.05) is 30.9 Å². The average molecular weight is 311 g/mol. The molecule has 1 N–H and O–H groups in total. The molecule has 2 fully saturated rings. The predicted octanol–water partition coefficient (Wildman–Crippen LogP) is 1.40. The van der Waals surface area contributed by atoms with Crippen LogP contribution >= 0.6 is 11.6 Å². The third-order valence-electron chi connectivity index (χ3n) is 4.37. The number of amides is 1. The standard InChI is InChI=1S/C14H19ClN4O2/c15-11-8-16-17-14(21)13(11)18-6-7-19(12(20)9-18)10-4-2-1-3-5-10/h8,10H,1-7,9H2,(H,17,21). The Kier molecular flexibility index (Phi) is 4.14. The molecule has 3 rings (SSSR count). The summed E-state index contributed by atoms with van der Waals surface area (Å²) < 4.78 is 0. The number of rotatable bonds is 2. The highest BCUT2D eigenvalue weighted by atomic mass is 35.5. The largest absolute Gasteiger partial charge is 0.355 e. The van der Waals surface area contributed by atoms with Crippen LogP contribution < -0.4 is 10.5 Å². The molecule has 1 amide bonds. The number of aromatic amines is 1. The Morgan fingerprint density at radius 3 is 2.62 bits per heavy atom. The highest BCUT2D eigenvalue weighted by Gasteiger charge is 2.31. The summed E-state index contributed by atoms with van der Waals surface area (Å²) in [5.74, 6) is 0.0837. The maximum atomic E-state index is 12.4. The monoisotopic (exact) mass is 310 g/mol. The molecule has 2 heterocycles. The van der Waals surface area contributed by atoms with Crippen molar-refractivity contribution >= 4 is 23.2 Å². The topological polar surface area (TPSA) is 69.3 Å². The van der Waals surface area contributed by atoms with Crippen molar-refractivity contribution in [3.63, 3.8) is 0 Å². The van der Waals surface area contributed by atoms with Gasteiger partial charge < -0.3 is 9.80 Å². The second-order valence-electron chi connectivity index (χ2n) is 5.70. The van der Waals surface area contributed by atoms with Crippen LogP contribution in [0.5, 0.6) is 0 Å². The molecule has 0 aromatic carbocycles. The minimum absolute atomic E-state index is 0.0837. The van der Waals surface area contributed by atoms with Gasteiger partial charge in [-0.15, -0.1) is 0 Å². The van der Waals surface area contributed by atoms with Crippen LogP contribution in [0, 0.1) is 0 Å². The smallest absolute Gasteiger partial charge is 0.289 e. The lowest BCUT2D eigenvalue weighted by Crippen LogP contribution is -2.55. The van der Waals surface area contributed by atoms with Gasteiger partial charge in [-0.3, -0.25) is 9.59 Å². The molecule has 0 spiro atoms. The first-order valence-electron chi connectivity index (χ1n) is 7.44. The van der Waals surface area contributed by atoms with Crippen molar-refractivity contribution < 1.29 is 4.79 Å². The van der Waals surface area contributed by atoms with Crippen LogP contribution in [0.4, 0.5) is 5.69 Å². The number of halogens is 1. The number of carbonyl (C=O) groups is 1. The lowest BCUT2D eigenvalue weighted by Gasteiger charge is -2.41. The number of aromatic nitrogens is 2. The number of nitrogens with one attached hydrogen (secondary N) is 1. The van der Waals surface area contributed by atoms with Crippen molar-refractivity contribution in [2.24, 2.45) is 0 Å². The number of carbonyl (C=O) groups excluding carboxylic acids is 1. The van der Waals surface area contributed by atoms with Gasteiger partial charge in [0.2, 0.25) is 5.91 Å². The molecule has 21 heavy (non-hydrogen) atoms. The van der Waals surface area contributed by atoms with E-state index in [9.17, 15) is 9.59 Å². The van der Waals surface area contributed by atoms with E-state index in [-0.39, 0.29) is 23.0 Å². The molecule has 1 aliphatic heterocycles. The zero-order valence-electron chi connectivity index (χ0n) is 11.8. The van der Waals surface area contributed by atoms with Gasteiger partial charge in [-0.2, -0.15) is 5.10 Å². The molecule has 114 valence electrons. The molecule has 0 radical (unpaired) electrons. The minimum Gasteiger partial charge on any atom is -0.355 e. The van der Waals surface area contributed by atoms with Crippen molar-refractivity contribution in [1.29, 1.82) is 0 Å². The van der Waals surface area contributed by atoms with E-state index in [1.165, 1.54) is 25.5 Å². The predicted molar refractivity (Wildman–Crippen MR) is 80.7 cm³/mol. The van der Waals surface area contributed by atoms with E-state index in [0.717, 1.165) is 12.8 Å². The summed E-state index contributed by atoms with van der Waals surface area (Å²) in [6.45, 7) is 1.50. The van der Waals surface area contributed by atoms with E-state index in [1.807, 2.05) is 4.90 Å². The summed E-state index contributed by atoms with van der Waals surface area (Å²) in [5.41, 5.74) is 0.00438. The number of piperazine rings is 1. The quantitative estimate of drug-likeness (QED) is 0.896. The van der Waals surface area contributed by atoms with Crippen LogP contribution in [0.25, 0.3) is 0 Å². The maximum absolute atomic E-state index is 12.4. The SMILES string of the molecule is O=C1CN(c2c(Cl)cn[nH]c2=O)CCN1C1CCCCC1. The lowest BCUT2D eigenvalue weighted by molar-refractivity contribution is -0.134. The highest BCUT2D eigenvalue weighted by molar-refractivity contribution is 6.33. The Balaban J connectivity index is 1.73. The summed E-state index contributed by atoms with van der Waals surface area (Å²) in [6, 6.07) is 0.375. The van der Waals surface area contributed by atoms with Crippen LogP contribution in [-0.2, 0) is 4.79 Å². The van der Waals surface area contributed by atoms with Crippen LogP contribution in [0.3, 0.4) is 0 Å². The zero-order valence-corrected chi connectivity index (χ0v) is 12.6. The first kappa shape index (κ1) is 14.4. The summed E-state index contributed by atoms with van der Waals surface area (Å²) in [4.78, 5) is 28.0. The number of anilines is 1. The summed E-state index contributed by atoms with van der Waals surface area (Å²) in [7, 11) is 0. The van der Waals surface area contributed by atoms with Crippen molar-refractivity contribution in [2.75, 3.05) is 24.5 Å². The Morgan fingerprint density at radius 1 is 1.19 bits per heavy atom. The summed E-state index contributed by atoms with van der Waals surface area (Å²) in [6.07, 6.45) is 7.27. The number of nitrogens with zero attached hydrogens (tertiary/aromatic N) is 3. The molecule has 2 aliphatic rings. The van der Waals surface area contributed by atoms with Crippen molar-refractivity contribution in [3.05, 3.63) is 21.6 Å². The van der Waals surface area contributed by atoms with E-state index in [0.29, 0.717) is 24.8 Å². The molecule has 1 aromatic rings. The Bertz CT molecular complexity index is 583. The molecule has 0 atom stereocenters. The number of H-pyrrole nitrogens is 1. The Morgan fingerprint density at radius 2 is 1.95 bits per heavy atom. The van der Waals surface area contributed by atoms with Gasteiger partial charge in [0.05, 0.1) is 17.8 Å². The first-order valence-corrected chi connectivity index (χ1v) is 7.82. The van der Waals surface area contributed by atoms with Gasteiger partial charge >= 0.3 is 0 Å². The molecule has 0 bridgehead atoms. The number of hydrogen-bond acceptors (Lipinski definition) is 4. The third-order valence-corrected chi connectivity index (χ3v) is 4.65. The molecule has 0 unspecified atom stereocenters. The molecule has 1 aromatic heterocycles. The van der Waals surface area contributed by atoms with Crippen molar-refractivity contribution in [2.45, 2.75) is 38.1 Å². The normalized spacial score (nSPS) is 20.9. The van der Waals surface area contributed by atoms with E-state index in [4.69, 9.17) is 11.6 Å². The molecule has 1 aliphatic carbocycles. The van der Waals surface area contributed by atoms with Gasteiger partial charge in [-0.25, -0.2) is 5.10 Å². The van der Waals surface area contributed by atoms with E-state index in [1.54, 1.807) is 4.90 Å². The van der Waals surface area contributed by atoms with Crippen LogP contribution in [0.1, 0.15) is 32.1 Å². The fraction of sp³-hybridized carbons (Fsp3) is 0.643. The molecule has 1 saturated heterocycles. The van der Waals surface area contributed by atoms with Gasteiger partial charge in [-0.05, 0) is 12.8 Å². The second-order valence-corrected chi connectivity index (χ2v) is 6.10. The van der Waals surface area contributed by atoms with Gasteiger partial charge in [0, 0.05) is 19.1 Å². The molecule has 7 heteroatoms. The van der Waals surface area contributed by atoms with Crippen LogP contribution in [0.15, 0.2) is 11.0 Å². The minimum atomic E-state index is -0.346. The fourth-order valence-electron chi connectivity index (χ4n) is 3.32. The molecule has 6 nitrogen and oxygen atoms in total. The zero-order chi connectivity index (χ0) is 14.8. The first-order chi connectivity index (χ1) is 10.2. The lowest BCUT2D eigenvalue weighted by atomic mass is 9.93. The summed E-state index contributed by atoms with van der Waals surface area (Å²) >= 11 is 6.05. The molecule has 1 saturated carbocycles. The van der Waals surface area contributed by atoms with Crippen LogP contribution in [-0.4, -0.2) is 46.7 Å². The second kappa shape index (κ2) is 6.05. The Labute approximate surface area is 128 Å². The summed E-state index contributed by atoms with van der Waals surface area (Å²) in [5, 5.41) is 6.32. The maximum Gasteiger partial charge on any atom is 0.289 e. The van der Waals surface area contributed by atoms with E-state index >= 15 is 0 Å². The fourth-order valence-corrected chi connectivity index (χ4v) is 3.58. The van der Waals surface area contributed by atoms with Gasteiger partial charge in [0.1, 0.15) is 5.69 Å². The van der Waals surface area contributed by atoms with Crippen molar-refractivity contribution in [1.82, 2.24) is 15.1 Å². The van der Waals surface area contributed by atoms with E-state index in [2.05, 4.69) is 10.2 Å². The molecular formula is C14H19ClN4O2. The van der Waals surface area contributed by atoms with Crippen molar-refractivity contribution in [3.8, 4) is 0 Å². The third kappa shape index (κ3) is 2.90. The van der Waals surface area contributed by atoms with Gasteiger partial charge in [0.15, 0.2) is 0 Å². The van der Waals surface area contributed by atoms with E-state index < -0.39 is 0 Å². The number of hydrogen-bond donors (Lipinski definition) is 1. The van der Waals surface area contributed by atoms with Crippen LogP contribution in [0.2, 0.25) is 5.02 Å². The van der Waals surface area contributed by atoms with Gasteiger partial charge in [0.25, 0.3) is 5.56 Å². The molecular weight excluding hydrogens is 292 g/mol. The average Bonchev–Trinajstić information content (AvgIpc) is 2.48.